The van der Waals surface area contributed by atoms with Gasteiger partial charge < -0.3 is 4.90 Å². The Balaban J connectivity index is 1.91. The van der Waals surface area contributed by atoms with Crippen LogP contribution in [-0.4, -0.2) is 28.6 Å². The molecule has 2 rings (SSSR count). The summed E-state index contributed by atoms with van der Waals surface area (Å²) in [5.41, 5.74) is 0. The van der Waals surface area contributed by atoms with Crippen molar-refractivity contribution in [1.29, 1.82) is 0 Å². The monoisotopic (exact) mass is 341 g/mol. The topological polar surface area (TPSA) is 20.3 Å². The molecule has 1 aliphatic heterocycles. The number of halogens is 1. The molecule has 0 unspecified atom stereocenters. The van der Waals surface area contributed by atoms with Crippen LogP contribution in [-0.2, 0) is 4.79 Å². The van der Waals surface area contributed by atoms with Crippen LogP contribution in [0, 0.1) is 0 Å². The van der Waals surface area contributed by atoms with E-state index in [0.717, 1.165) is 22.2 Å². The zero-order chi connectivity index (χ0) is 13.8. The highest BCUT2D eigenvalue weighted by Crippen LogP contribution is 2.25. The van der Waals surface area contributed by atoms with Crippen molar-refractivity contribution in [3.63, 3.8) is 0 Å². The van der Waals surface area contributed by atoms with E-state index in [4.69, 9.17) is 0 Å². The lowest BCUT2D eigenvalue weighted by atomic mass is 9.98. The van der Waals surface area contributed by atoms with E-state index in [1.165, 1.54) is 6.42 Å². The molecule has 1 amide bonds. The largest absolute Gasteiger partial charge is 0.337 e. The van der Waals surface area contributed by atoms with E-state index in [1.807, 2.05) is 24.3 Å². The summed E-state index contributed by atoms with van der Waals surface area (Å²) >= 11 is 5.04. The van der Waals surface area contributed by atoms with E-state index >= 15 is 0 Å². The zero-order valence-corrected chi connectivity index (χ0v) is 13.8. The first-order chi connectivity index (χ1) is 9.08. The molecule has 0 aliphatic carbocycles. The highest BCUT2D eigenvalue weighted by atomic mass is 79.9. The fourth-order valence-electron chi connectivity index (χ4n) is 2.66. The Hall–Kier alpha value is -0.480. The third kappa shape index (κ3) is 3.99. The van der Waals surface area contributed by atoms with E-state index in [9.17, 15) is 4.79 Å². The molecule has 0 aromatic heterocycles. The predicted molar refractivity (Wildman–Crippen MR) is 84.5 cm³/mol. The molecule has 1 fully saturated rings. The SMILES string of the molecule is C[C@H]1CCC[C@H](C)N1C(=O)CSc1ccc(Br)cc1. The van der Waals surface area contributed by atoms with Crippen molar-refractivity contribution in [3.05, 3.63) is 28.7 Å². The molecule has 1 aromatic carbocycles. The van der Waals surface area contributed by atoms with Crippen molar-refractivity contribution in [2.45, 2.75) is 50.1 Å². The van der Waals surface area contributed by atoms with Gasteiger partial charge >= 0.3 is 0 Å². The highest BCUT2D eigenvalue weighted by molar-refractivity contribution is 9.10. The van der Waals surface area contributed by atoms with Gasteiger partial charge in [-0.15, -0.1) is 11.8 Å². The molecule has 1 aliphatic rings. The molecule has 1 heterocycles. The van der Waals surface area contributed by atoms with Crippen molar-refractivity contribution in [2.24, 2.45) is 0 Å². The molecule has 1 aromatic rings. The van der Waals surface area contributed by atoms with E-state index in [-0.39, 0.29) is 5.91 Å². The van der Waals surface area contributed by atoms with Crippen LogP contribution in [0.25, 0.3) is 0 Å². The van der Waals surface area contributed by atoms with E-state index < -0.39 is 0 Å². The van der Waals surface area contributed by atoms with Gasteiger partial charge in [0.1, 0.15) is 0 Å². The van der Waals surface area contributed by atoms with Crippen LogP contribution in [0.15, 0.2) is 33.6 Å². The molecule has 2 nitrogen and oxygen atoms in total. The number of rotatable bonds is 3. The number of benzene rings is 1. The Morgan fingerprint density at radius 2 is 1.84 bits per heavy atom. The van der Waals surface area contributed by atoms with Gasteiger partial charge in [0, 0.05) is 21.5 Å². The molecule has 19 heavy (non-hydrogen) atoms. The van der Waals surface area contributed by atoms with Crippen LogP contribution in [0.4, 0.5) is 0 Å². The molecular weight excluding hydrogens is 322 g/mol. The first-order valence-electron chi connectivity index (χ1n) is 6.77. The lowest BCUT2D eigenvalue weighted by Crippen LogP contribution is -2.48. The van der Waals surface area contributed by atoms with Gasteiger partial charge in [-0.05, 0) is 57.4 Å². The van der Waals surface area contributed by atoms with Crippen LogP contribution in [0.2, 0.25) is 0 Å². The molecule has 0 radical (unpaired) electrons. The maximum absolute atomic E-state index is 12.4. The molecule has 4 heteroatoms. The number of hydrogen-bond donors (Lipinski definition) is 0. The summed E-state index contributed by atoms with van der Waals surface area (Å²) in [4.78, 5) is 15.6. The highest BCUT2D eigenvalue weighted by Gasteiger charge is 2.28. The number of hydrogen-bond acceptors (Lipinski definition) is 2. The van der Waals surface area contributed by atoms with Crippen molar-refractivity contribution >= 4 is 33.6 Å². The molecule has 104 valence electrons. The van der Waals surface area contributed by atoms with Gasteiger partial charge in [-0.25, -0.2) is 0 Å². The number of thioether (sulfide) groups is 1. The standard InChI is InChI=1S/C15H20BrNOS/c1-11-4-3-5-12(2)17(11)15(18)10-19-14-8-6-13(16)7-9-14/h6-9,11-12H,3-5,10H2,1-2H3/t11-,12-/m0/s1. The second-order valence-electron chi connectivity index (χ2n) is 5.17. The Labute approximate surface area is 128 Å². The summed E-state index contributed by atoms with van der Waals surface area (Å²) in [6, 6.07) is 8.90. The number of likely N-dealkylation sites (tertiary alicyclic amines) is 1. The Morgan fingerprint density at radius 3 is 2.42 bits per heavy atom. The van der Waals surface area contributed by atoms with Gasteiger partial charge in [0.15, 0.2) is 0 Å². The van der Waals surface area contributed by atoms with Crippen LogP contribution < -0.4 is 0 Å². The lowest BCUT2D eigenvalue weighted by Gasteiger charge is -2.39. The maximum atomic E-state index is 12.4. The van der Waals surface area contributed by atoms with Crippen molar-refractivity contribution in [2.75, 3.05) is 5.75 Å². The second kappa shape index (κ2) is 6.80. The Kier molecular flexibility index (Phi) is 5.34. The van der Waals surface area contributed by atoms with Crippen LogP contribution >= 0.6 is 27.7 Å². The summed E-state index contributed by atoms with van der Waals surface area (Å²) in [7, 11) is 0. The quantitative estimate of drug-likeness (QED) is 0.762. The first kappa shape index (κ1) is 14.9. The number of amides is 1. The minimum atomic E-state index is 0.271. The normalized spacial score (nSPS) is 23.4. The Bertz CT molecular complexity index is 424. The summed E-state index contributed by atoms with van der Waals surface area (Å²) in [6.07, 6.45) is 3.52. The average molecular weight is 342 g/mol. The second-order valence-corrected chi connectivity index (χ2v) is 7.14. The number of nitrogens with zero attached hydrogens (tertiary/aromatic N) is 1. The van der Waals surface area contributed by atoms with Gasteiger partial charge in [0.2, 0.25) is 5.91 Å². The van der Waals surface area contributed by atoms with Gasteiger partial charge in [-0.1, -0.05) is 15.9 Å². The van der Waals surface area contributed by atoms with Crippen LogP contribution in [0.3, 0.4) is 0 Å². The fraction of sp³-hybridized carbons (Fsp3) is 0.533. The molecule has 2 atom stereocenters. The van der Waals surface area contributed by atoms with E-state index in [0.29, 0.717) is 17.8 Å². The van der Waals surface area contributed by atoms with Crippen molar-refractivity contribution in [1.82, 2.24) is 4.90 Å². The molecule has 0 spiro atoms. The fourth-order valence-corrected chi connectivity index (χ4v) is 3.70. The molecule has 0 N–H and O–H groups in total. The van der Waals surface area contributed by atoms with Gasteiger partial charge in [-0.2, -0.15) is 0 Å². The lowest BCUT2D eigenvalue weighted by molar-refractivity contribution is -0.134. The minimum absolute atomic E-state index is 0.271. The van der Waals surface area contributed by atoms with Gasteiger partial charge in [0.05, 0.1) is 5.75 Å². The van der Waals surface area contributed by atoms with Crippen LogP contribution in [0.1, 0.15) is 33.1 Å². The molecule has 1 saturated heterocycles. The minimum Gasteiger partial charge on any atom is -0.337 e. The zero-order valence-electron chi connectivity index (χ0n) is 11.4. The number of carbonyl (C=O) groups is 1. The summed E-state index contributed by atoms with van der Waals surface area (Å²) < 4.78 is 1.07. The van der Waals surface area contributed by atoms with E-state index in [2.05, 4.69) is 34.7 Å². The van der Waals surface area contributed by atoms with Crippen LogP contribution in [0.5, 0.6) is 0 Å². The number of piperidine rings is 1. The van der Waals surface area contributed by atoms with Gasteiger partial charge in [-0.3, -0.25) is 4.79 Å². The average Bonchev–Trinajstić information content (AvgIpc) is 2.38. The van der Waals surface area contributed by atoms with E-state index in [1.54, 1.807) is 11.8 Å². The van der Waals surface area contributed by atoms with Crippen molar-refractivity contribution < 1.29 is 4.79 Å². The third-order valence-corrected chi connectivity index (χ3v) is 5.18. The predicted octanol–water partition coefficient (Wildman–Crippen LogP) is 4.33. The molecule has 0 bridgehead atoms. The summed E-state index contributed by atoms with van der Waals surface area (Å²) in [5.74, 6) is 0.809. The maximum Gasteiger partial charge on any atom is 0.233 e. The smallest absolute Gasteiger partial charge is 0.233 e. The molecular formula is C15H20BrNOS. The van der Waals surface area contributed by atoms with Crippen molar-refractivity contribution in [3.8, 4) is 0 Å². The Morgan fingerprint density at radius 1 is 1.26 bits per heavy atom. The summed E-state index contributed by atoms with van der Waals surface area (Å²) in [5, 5.41) is 0. The first-order valence-corrected chi connectivity index (χ1v) is 8.55. The third-order valence-electron chi connectivity index (χ3n) is 3.66. The number of carbonyl (C=O) groups excluding carboxylic acids is 1. The van der Waals surface area contributed by atoms with Gasteiger partial charge in [0.25, 0.3) is 0 Å². The summed E-state index contributed by atoms with van der Waals surface area (Å²) in [6.45, 7) is 4.33. The molecule has 0 saturated carbocycles.